The Labute approximate surface area is 98.1 Å². The van der Waals surface area contributed by atoms with Gasteiger partial charge in [-0.15, -0.1) is 0 Å². The second-order valence-corrected chi connectivity index (χ2v) is 3.20. The van der Waals surface area contributed by atoms with Gasteiger partial charge in [0.25, 0.3) is 0 Å². The van der Waals surface area contributed by atoms with Crippen molar-refractivity contribution < 1.29 is 0 Å². The van der Waals surface area contributed by atoms with E-state index in [0.29, 0.717) is 5.69 Å². The third-order valence-electron chi connectivity index (χ3n) is 1.81. The van der Waals surface area contributed by atoms with Gasteiger partial charge in [-0.3, -0.25) is 9.89 Å². The van der Waals surface area contributed by atoms with E-state index in [1.807, 2.05) is 30.3 Å². The van der Waals surface area contributed by atoms with Gasteiger partial charge in [-0.25, -0.2) is 0 Å². The summed E-state index contributed by atoms with van der Waals surface area (Å²) in [6.07, 6.45) is 0. The Hall–Kier alpha value is -1.65. The summed E-state index contributed by atoms with van der Waals surface area (Å²) in [5.41, 5.74) is 5.49. The predicted molar refractivity (Wildman–Crippen MR) is 65.4 cm³/mol. The van der Waals surface area contributed by atoms with E-state index < -0.39 is 0 Å². The zero-order valence-electron chi connectivity index (χ0n) is 8.77. The molecule has 84 valence electrons. The molecule has 0 fully saturated rings. The lowest BCUT2D eigenvalue weighted by atomic mass is 10.1. The first-order valence-corrected chi connectivity index (χ1v) is 5.03. The number of nitrogens with one attached hydrogen (secondary N) is 1. The smallest absolute Gasteiger partial charge is 0.209 e. The maximum absolute atomic E-state index is 11.5. The Balaban J connectivity index is 0.000000606. The Morgan fingerprint density at radius 3 is 2.44 bits per heavy atom. The molecular weight excluding hydrogens is 226 g/mol. The molecule has 0 saturated carbocycles. The van der Waals surface area contributed by atoms with Crippen molar-refractivity contribution in [3.8, 4) is 11.3 Å². The Bertz CT molecular complexity index is 496. The fourth-order valence-corrected chi connectivity index (χ4v) is 1.32. The average molecular weight is 238 g/mol. The molecule has 0 aliphatic carbocycles. The average Bonchev–Trinajstić information content (AvgIpc) is 2.33. The molecule has 0 atom stereocenters. The first-order valence-electron chi connectivity index (χ1n) is 4.66. The molecular formula is C11H12ClN3O. The van der Waals surface area contributed by atoms with E-state index in [2.05, 4.69) is 15.9 Å². The van der Waals surface area contributed by atoms with E-state index in [-0.39, 0.29) is 10.6 Å². The van der Waals surface area contributed by atoms with Crippen molar-refractivity contribution in [2.24, 2.45) is 5.73 Å². The normalized spacial score (nSPS) is 9.19. The summed E-state index contributed by atoms with van der Waals surface area (Å²) in [6, 6.07) is 10.6. The number of nitrogens with zero attached hydrogens (tertiary/aromatic N) is 1. The van der Waals surface area contributed by atoms with Crippen molar-refractivity contribution in [1.29, 1.82) is 0 Å². The third kappa shape index (κ3) is 2.92. The van der Waals surface area contributed by atoms with Crippen LogP contribution >= 0.6 is 11.6 Å². The molecule has 3 N–H and O–H groups in total. The molecule has 16 heavy (non-hydrogen) atoms. The van der Waals surface area contributed by atoms with Crippen LogP contribution < -0.4 is 11.2 Å². The molecule has 5 heteroatoms. The summed E-state index contributed by atoms with van der Waals surface area (Å²) in [5.74, 6) is 0. The number of nitrogens with two attached hydrogens (primary N) is 1. The van der Waals surface area contributed by atoms with Gasteiger partial charge in [-0.05, 0) is 7.05 Å². The van der Waals surface area contributed by atoms with Crippen molar-refractivity contribution in [3.63, 3.8) is 0 Å². The standard InChI is InChI=1S/C10H7ClN2O.CH5N/c11-9-6-8(14)10(13-12-9)7-4-2-1-3-5-7;1-2/h1-6H,(H,12,14);2H2,1H3. The number of benzene rings is 1. The van der Waals surface area contributed by atoms with E-state index in [1.165, 1.54) is 13.1 Å². The number of hydrogen-bond acceptors (Lipinski definition) is 3. The number of rotatable bonds is 1. The molecule has 2 rings (SSSR count). The largest absolute Gasteiger partial charge is 0.333 e. The summed E-state index contributed by atoms with van der Waals surface area (Å²) in [6.45, 7) is 0. The summed E-state index contributed by atoms with van der Waals surface area (Å²) in [7, 11) is 1.50. The number of hydrogen-bond donors (Lipinski definition) is 2. The number of halogens is 1. The van der Waals surface area contributed by atoms with Crippen LogP contribution in [0.2, 0.25) is 5.15 Å². The highest BCUT2D eigenvalue weighted by Crippen LogP contribution is 2.11. The first kappa shape index (κ1) is 12.4. The molecule has 0 bridgehead atoms. The molecule has 0 aliphatic rings. The lowest BCUT2D eigenvalue weighted by Gasteiger charge is -1.98. The molecule has 4 nitrogen and oxygen atoms in total. The minimum atomic E-state index is -0.181. The molecule has 1 heterocycles. The van der Waals surface area contributed by atoms with Gasteiger partial charge >= 0.3 is 0 Å². The van der Waals surface area contributed by atoms with Crippen LogP contribution in [0.25, 0.3) is 11.3 Å². The van der Waals surface area contributed by atoms with Gasteiger partial charge in [-0.1, -0.05) is 41.9 Å². The maximum Gasteiger partial charge on any atom is 0.209 e. The highest BCUT2D eigenvalue weighted by molar-refractivity contribution is 6.29. The highest BCUT2D eigenvalue weighted by atomic mass is 35.5. The van der Waals surface area contributed by atoms with E-state index >= 15 is 0 Å². The summed E-state index contributed by atoms with van der Waals surface area (Å²) in [4.78, 5) is 11.5. The van der Waals surface area contributed by atoms with Gasteiger partial charge in [0.05, 0.1) is 0 Å². The summed E-state index contributed by atoms with van der Waals surface area (Å²) in [5, 5.41) is 6.68. The molecule has 1 aromatic heterocycles. The van der Waals surface area contributed by atoms with Crippen LogP contribution in [-0.4, -0.2) is 17.2 Å². The quantitative estimate of drug-likeness (QED) is 0.793. The van der Waals surface area contributed by atoms with Gasteiger partial charge in [0.1, 0.15) is 10.8 Å². The van der Waals surface area contributed by atoms with E-state index in [4.69, 9.17) is 11.6 Å². The summed E-state index contributed by atoms with van der Waals surface area (Å²) < 4.78 is 0. The molecule has 1 aromatic carbocycles. The molecule has 0 aliphatic heterocycles. The maximum atomic E-state index is 11.5. The summed E-state index contributed by atoms with van der Waals surface area (Å²) >= 11 is 5.59. The molecule has 0 amide bonds. The second kappa shape index (κ2) is 6.05. The monoisotopic (exact) mass is 237 g/mol. The minimum absolute atomic E-state index is 0.181. The van der Waals surface area contributed by atoms with Gasteiger partial charge in [-0.2, -0.15) is 5.10 Å². The number of aromatic amines is 1. The molecule has 2 aromatic rings. The van der Waals surface area contributed by atoms with Crippen molar-refractivity contribution in [3.05, 3.63) is 51.8 Å². The lowest BCUT2D eigenvalue weighted by molar-refractivity contribution is 1.03. The van der Waals surface area contributed by atoms with Crippen LogP contribution in [0, 0.1) is 0 Å². The zero-order valence-corrected chi connectivity index (χ0v) is 9.53. The van der Waals surface area contributed by atoms with Crippen LogP contribution in [0.15, 0.2) is 41.2 Å². The van der Waals surface area contributed by atoms with Crippen LogP contribution in [-0.2, 0) is 0 Å². The van der Waals surface area contributed by atoms with Crippen LogP contribution in [0.5, 0.6) is 0 Å². The van der Waals surface area contributed by atoms with Gasteiger partial charge in [0.2, 0.25) is 5.43 Å². The predicted octanol–water partition coefficient (Wildman–Crippen LogP) is 1.67. The van der Waals surface area contributed by atoms with E-state index in [1.54, 1.807) is 0 Å². The van der Waals surface area contributed by atoms with Crippen LogP contribution in [0.1, 0.15) is 0 Å². The molecule has 0 unspecified atom stereocenters. The molecule has 0 spiro atoms. The third-order valence-corrected chi connectivity index (χ3v) is 2.01. The number of H-pyrrole nitrogens is 1. The van der Waals surface area contributed by atoms with Crippen LogP contribution in [0.3, 0.4) is 0 Å². The van der Waals surface area contributed by atoms with Crippen LogP contribution in [0.4, 0.5) is 0 Å². The van der Waals surface area contributed by atoms with Crippen molar-refractivity contribution >= 4 is 11.6 Å². The van der Waals surface area contributed by atoms with Crippen molar-refractivity contribution in [1.82, 2.24) is 10.2 Å². The minimum Gasteiger partial charge on any atom is -0.333 e. The van der Waals surface area contributed by atoms with Gasteiger partial charge in [0.15, 0.2) is 0 Å². The zero-order chi connectivity index (χ0) is 12.0. The van der Waals surface area contributed by atoms with Gasteiger partial charge < -0.3 is 5.73 Å². The Morgan fingerprint density at radius 1 is 1.25 bits per heavy atom. The Kier molecular flexibility index (Phi) is 4.69. The SMILES string of the molecule is CN.O=c1cc(Cl)[nH]nc1-c1ccccc1. The fraction of sp³-hybridized carbons (Fsp3) is 0.0909. The second-order valence-electron chi connectivity index (χ2n) is 2.79. The van der Waals surface area contributed by atoms with E-state index in [9.17, 15) is 4.79 Å². The molecule has 0 saturated heterocycles. The number of aromatic nitrogens is 2. The highest BCUT2D eigenvalue weighted by Gasteiger charge is 2.03. The first-order chi connectivity index (χ1) is 7.77. The lowest BCUT2D eigenvalue weighted by Crippen LogP contribution is -2.07. The fourth-order valence-electron chi connectivity index (χ4n) is 1.18. The molecule has 0 radical (unpaired) electrons. The topological polar surface area (TPSA) is 71.8 Å². The Morgan fingerprint density at radius 2 is 1.88 bits per heavy atom. The van der Waals surface area contributed by atoms with Crippen molar-refractivity contribution in [2.75, 3.05) is 7.05 Å². The van der Waals surface area contributed by atoms with E-state index in [0.717, 1.165) is 5.56 Å². The van der Waals surface area contributed by atoms with Gasteiger partial charge in [0, 0.05) is 11.6 Å². The van der Waals surface area contributed by atoms with Crippen molar-refractivity contribution in [2.45, 2.75) is 0 Å².